The van der Waals surface area contributed by atoms with Gasteiger partial charge in [-0.25, -0.2) is 0 Å². The summed E-state index contributed by atoms with van der Waals surface area (Å²) in [5.74, 6) is -0.133. The van der Waals surface area contributed by atoms with E-state index in [4.69, 9.17) is 0 Å². The van der Waals surface area contributed by atoms with E-state index in [9.17, 15) is 4.79 Å². The molecule has 2 nitrogen and oxygen atoms in total. The molecular weight excluding hydrogens is 232 g/mol. The van der Waals surface area contributed by atoms with Crippen LogP contribution in [0.2, 0.25) is 0 Å². The van der Waals surface area contributed by atoms with Crippen molar-refractivity contribution in [1.82, 2.24) is 0 Å². The highest BCUT2D eigenvalue weighted by molar-refractivity contribution is 8.00. The third-order valence-electron chi connectivity index (χ3n) is 3.09. The van der Waals surface area contributed by atoms with E-state index in [0.29, 0.717) is 6.42 Å². The molecule has 1 aliphatic carbocycles. The van der Waals surface area contributed by atoms with Crippen LogP contribution in [0.4, 0.5) is 0 Å². The van der Waals surface area contributed by atoms with E-state index in [1.165, 1.54) is 42.4 Å². The van der Waals surface area contributed by atoms with Crippen molar-refractivity contribution in [3.8, 4) is 0 Å². The van der Waals surface area contributed by atoms with Crippen LogP contribution in [-0.2, 0) is 22.4 Å². The second kappa shape index (κ2) is 5.58. The number of carbonyl (C=O) groups excluding carboxylic acids is 1. The second-order valence-electron chi connectivity index (χ2n) is 4.49. The number of aryl methyl sites for hydroxylation is 2. The number of hydrogen-bond donors (Lipinski definition) is 0. The molecule has 0 radical (unpaired) electrons. The topological polar surface area (TPSA) is 26.3 Å². The van der Waals surface area contributed by atoms with Gasteiger partial charge in [0.15, 0.2) is 0 Å². The first kappa shape index (κ1) is 12.5. The third-order valence-corrected chi connectivity index (χ3v) is 4.18. The average molecular weight is 250 g/mol. The minimum Gasteiger partial charge on any atom is -0.469 e. The summed E-state index contributed by atoms with van der Waals surface area (Å²) < 4.78 is 4.68. The van der Waals surface area contributed by atoms with Gasteiger partial charge in [-0.05, 0) is 42.5 Å². The Morgan fingerprint density at radius 2 is 2.18 bits per heavy atom. The lowest BCUT2D eigenvalue weighted by Gasteiger charge is -2.10. The molecule has 1 aliphatic rings. The number of methoxy groups -OCH3 is 1. The summed E-state index contributed by atoms with van der Waals surface area (Å²) in [5.41, 5.74) is 2.98. The summed E-state index contributed by atoms with van der Waals surface area (Å²) in [6.45, 7) is 2.06. The van der Waals surface area contributed by atoms with Crippen LogP contribution in [0, 0.1) is 0 Å². The maximum Gasteiger partial charge on any atom is 0.306 e. The Morgan fingerprint density at radius 3 is 2.94 bits per heavy atom. The molecule has 0 bridgehead atoms. The minimum absolute atomic E-state index is 0.133. The number of benzene rings is 1. The zero-order valence-electron chi connectivity index (χ0n) is 10.4. The van der Waals surface area contributed by atoms with Crippen molar-refractivity contribution in [1.29, 1.82) is 0 Å². The highest BCUT2D eigenvalue weighted by Crippen LogP contribution is 2.30. The summed E-state index contributed by atoms with van der Waals surface area (Å²) in [6, 6.07) is 6.68. The molecular formula is C14H18O2S. The molecule has 2 rings (SSSR count). The smallest absolute Gasteiger partial charge is 0.306 e. The van der Waals surface area contributed by atoms with Crippen molar-refractivity contribution in [3.63, 3.8) is 0 Å². The van der Waals surface area contributed by atoms with Gasteiger partial charge in [0.05, 0.1) is 13.5 Å². The van der Waals surface area contributed by atoms with Crippen LogP contribution in [0.1, 0.15) is 30.9 Å². The van der Waals surface area contributed by atoms with Gasteiger partial charge >= 0.3 is 5.97 Å². The Morgan fingerprint density at radius 1 is 1.41 bits per heavy atom. The molecule has 17 heavy (non-hydrogen) atoms. The highest BCUT2D eigenvalue weighted by Gasteiger charge is 2.14. The summed E-state index contributed by atoms with van der Waals surface area (Å²) >= 11 is 1.75. The van der Waals surface area contributed by atoms with Gasteiger partial charge in [0.25, 0.3) is 0 Å². The molecule has 0 spiro atoms. The number of hydrogen-bond acceptors (Lipinski definition) is 3. The fraction of sp³-hybridized carbons (Fsp3) is 0.500. The van der Waals surface area contributed by atoms with E-state index in [-0.39, 0.29) is 11.2 Å². The van der Waals surface area contributed by atoms with Crippen molar-refractivity contribution in [2.45, 2.75) is 42.8 Å². The van der Waals surface area contributed by atoms with Crippen LogP contribution >= 0.6 is 11.8 Å². The first-order chi connectivity index (χ1) is 8.19. The molecule has 0 N–H and O–H groups in total. The van der Waals surface area contributed by atoms with Gasteiger partial charge < -0.3 is 4.74 Å². The van der Waals surface area contributed by atoms with Crippen LogP contribution in [0.25, 0.3) is 0 Å². The average Bonchev–Trinajstić information content (AvgIpc) is 2.75. The fourth-order valence-corrected chi connectivity index (χ4v) is 3.25. The Bertz CT molecular complexity index is 415. The van der Waals surface area contributed by atoms with E-state index < -0.39 is 0 Å². The van der Waals surface area contributed by atoms with Crippen molar-refractivity contribution in [3.05, 3.63) is 29.3 Å². The standard InChI is InChI=1S/C14H18O2S/c1-10(8-14(15)16-2)17-13-7-6-11-4-3-5-12(11)9-13/h6-7,9-10H,3-5,8H2,1-2H3. The van der Waals surface area contributed by atoms with E-state index in [0.717, 1.165) is 0 Å². The second-order valence-corrected chi connectivity index (χ2v) is 6.00. The normalized spacial score (nSPS) is 15.4. The molecule has 1 unspecified atom stereocenters. The SMILES string of the molecule is COC(=O)CC(C)Sc1ccc2c(c1)CCC2. The number of carbonyl (C=O) groups is 1. The van der Waals surface area contributed by atoms with E-state index in [1.54, 1.807) is 11.8 Å². The van der Waals surface area contributed by atoms with Gasteiger partial charge in [0.2, 0.25) is 0 Å². The number of fused-ring (bicyclic) bond motifs is 1. The molecule has 0 aromatic heterocycles. The highest BCUT2D eigenvalue weighted by atomic mass is 32.2. The van der Waals surface area contributed by atoms with Gasteiger partial charge in [-0.3, -0.25) is 4.79 Å². The molecule has 3 heteroatoms. The van der Waals surface area contributed by atoms with Gasteiger partial charge in [-0.15, -0.1) is 11.8 Å². The maximum atomic E-state index is 11.2. The summed E-state index contributed by atoms with van der Waals surface area (Å²) in [6.07, 6.45) is 4.17. The van der Waals surface area contributed by atoms with E-state index >= 15 is 0 Å². The molecule has 0 saturated heterocycles. The number of esters is 1. The predicted molar refractivity (Wildman–Crippen MR) is 70.4 cm³/mol. The molecule has 0 fully saturated rings. The number of rotatable bonds is 4. The summed E-state index contributed by atoms with van der Waals surface area (Å²) in [4.78, 5) is 12.4. The first-order valence-corrected chi connectivity index (χ1v) is 6.92. The zero-order valence-corrected chi connectivity index (χ0v) is 11.2. The minimum atomic E-state index is -0.133. The lowest BCUT2D eigenvalue weighted by atomic mass is 10.1. The van der Waals surface area contributed by atoms with E-state index in [2.05, 4.69) is 29.9 Å². The molecule has 0 heterocycles. The lowest BCUT2D eigenvalue weighted by Crippen LogP contribution is -2.08. The van der Waals surface area contributed by atoms with Gasteiger partial charge in [-0.2, -0.15) is 0 Å². The zero-order chi connectivity index (χ0) is 12.3. The summed E-state index contributed by atoms with van der Waals surface area (Å²) in [5, 5.41) is 0.266. The molecule has 1 aromatic carbocycles. The van der Waals surface area contributed by atoms with Gasteiger partial charge in [0.1, 0.15) is 0 Å². The van der Waals surface area contributed by atoms with Crippen LogP contribution in [0.3, 0.4) is 0 Å². The van der Waals surface area contributed by atoms with Crippen LogP contribution < -0.4 is 0 Å². The van der Waals surface area contributed by atoms with Crippen molar-refractivity contribution in [2.24, 2.45) is 0 Å². The Labute approximate surface area is 107 Å². The van der Waals surface area contributed by atoms with Crippen LogP contribution in [0.15, 0.2) is 23.1 Å². The third kappa shape index (κ3) is 3.25. The fourth-order valence-electron chi connectivity index (χ4n) is 2.21. The summed E-state index contributed by atoms with van der Waals surface area (Å²) in [7, 11) is 1.44. The van der Waals surface area contributed by atoms with Crippen molar-refractivity contribution < 1.29 is 9.53 Å². The molecule has 1 atom stereocenters. The first-order valence-electron chi connectivity index (χ1n) is 6.04. The van der Waals surface area contributed by atoms with Gasteiger partial charge in [0, 0.05) is 10.1 Å². The molecule has 0 amide bonds. The monoisotopic (exact) mass is 250 g/mol. The lowest BCUT2D eigenvalue weighted by molar-refractivity contribution is -0.140. The number of thioether (sulfide) groups is 1. The maximum absolute atomic E-state index is 11.2. The van der Waals surface area contributed by atoms with Crippen LogP contribution in [0.5, 0.6) is 0 Å². The Balaban J connectivity index is 1.97. The number of ether oxygens (including phenoxy) is 1. The van der Waals surface area contributed by atoms with Crippen molar-refractivity contribution >= 4 is 17.7 Å². The largest absolute Gasteiger partial charge is 0.469 e. The molecule has 0 aliphatic heterocycles. The molecule has 92 valence electrons. The van der Waals surface area contributed by atoms with Crippen molar-refractivity contribution in [2.75, 3.05) is 7.11 Å². The quantitative estimate of drug-likeness (QED) is 0.606. The Hall–Kier alpha value is -0.960. The molecule has 0 saturated carbocycles. The molecule has 1 aromatic rings. The Kier molecular flexibility index (Phi) is 4.11. The van der Waals surface area contributed by atoms with E-state index in [1.807, 2.05) is 0 Å². The predicted octanol–water partition coefficient (Wildman–Crippen LogP) is 3.22. The van der Waals surface area contributed by atoms with Gasteiger partial charge in [-0.1, -0.05) is 13.0 Å². The van der Waals surface area contributed by atoms with Crippen LogP contribution in [-0.4, -0.2) is 18.3 Å².